The van der Waals surface area contributed by atoms with Gasteiger partial charge >= 0.3 is 5.97 Å². The average Bonchev–Trinajstić information content (AvgIpc) is 2.85. The van der Waals surface area contributed by atoms with Crippen LogP contribution in [0.4, 0.5) is 0 Å². The highest BCUT2D eigenvalue weighted by Crippen LogP contribution is 2.28. The molecule has 0 amide bonds. The molecule has 0 saturated carbocycles. The zero-order valence-corrected chi connectivity index (χ0v) is 10.5. The summed E-state index contributed by atoms with van der Waals surface area (Å²) < 4.78 is 5.79. The summed E-state index contributed by atoms with van der Waals surface area (Å²) in [5.74, 6) is -0.776. The molecule has 0 heterocycles. The van der Waals surface area contributed by atoms with E-state index in [1.54, 1.807) is 0 Å². The third kappa shape index (κ3) is 2.99. The number of aliphatic carboxylic acids is 1. The summed E-state index contributed by atoms with van der Waals surface area (Å²) in [6, 6.07) is 9.97. The highest BCUT2D eigenvalue weighted by atomic mass is 16.5. The number of carboxylic acid groups (broad SMARTS) is 1. The number of ether oxygens (including phenoxy) is 1. The maximum atomic E-state index is 11.0. The molecule has 96 valence electrons. The quantitative estimate of drug-likeness (QED) is 0.868. The smallest absolute Gasteiger partial charge is 0.331 e. The van der Waals surface area contributed by atoms with Gasteiger partial charge in [0.05, 0.1) is 12.7 Å². The van der Waals surface area contributed by atoms with E-state index in [1.165, 1.54) is 0 Å². The molecule has 1 aromatic carbocycles. The topological polar surface area (TPSA) is 46.5 Å². The summed E-state index contributed by atoms with van der Waals surface area (Å²) in [7, 11) is 0. The van der Waals surface area contributed by atoms with Gasteiger partial charge in [-0.3, -0.25) is 0 Å². The van der Waals surface area contributed by atoms with Crippen LogP contribution in [0.2, 0.25) is 0 Å². The molecule has 18 heavy (non-hydrogen) atoms. The van der Waals surface area contributed by atoms with Crippen molar-refractivity contribution in [3.05, 3.63) is 47.5 Å². The number of carboxylic acids is 1. The van der Waals surface area contributed by atoms with Gasteiger partial charge in [0.2, 0.25) is 0 Å². The van der Waals surface area contributed by atoms with Crippen LogP contribution in [0.3, 0.4) is 0 Å². The van der Waals surface area contributed by atoms with Gasteiger partial charge in [-0.25, -0.2) is 4.79 Å². The van der Waals surface area contributed by atoms with Gasteiger partial charge in [0, 0.05) is 11.5 Å². The lowest BCUT2D eigenvalue weighted by atomic mass is 10.0. The van der Waals surface area contributed by atoms with Gasteiger partial charge in [0.15, 0.2) is 0 Å². The second-order valence-electron chi connectivity index (χ2n) is 4.63. The summed E-state index contributed by atoms with van der Waals surface area (Å²) in [4.78, 5) is 11.0. The van der Waals surface area contributed by atoms with E-state index in [0.29, 0.717) is 12.2 Å². The zero-order valence-electron chi connectivity index (χ0n) is 10.5. The number of rotatable bonds is 5. The van der Waals surface area contributed by atoms with E-state index in [2.05, 4.69) is 0 Å². The summed E-state index contributed by atoms with van der Waals surface area (Å²) in [5, 5.41) is 9.04. The molecule has 1 N–H and O–H groups in total. The Bertz CT molecular complexity index is 436. The van der Waals surface area contributed by atoms with Crippen molar-refractivity contribution in [2.24, 2.45) is 5.92 Å². The summed E-state index contributed by atoms with van der Waals surface area (Å²) in [5.41, 5.74) is 1.63. The minimum Gasteiger partial charge on any atom is -0.478 e. The molecule has 0 aromatic heterocycles. The molecular weight excluding hydrogens is 228 g/mol. The second-order valence-corrected chi connectivity index (χ2v) is 4.63. The summed E-state index contributed by atoms with van der Waals surface area (Å²) >= 11 is 0. The minimum atomic E-state index is -0.812. The number of allylic oxidation sites excluding steroid dienone is 1. The Morgan fingerprint density at radius 1 is 1.44 bits per heavy atom. The van der Waals surface area contributed by atoms with Crippen molar-refractivity contribution < 1.29 is 14.6 Å². The average molecular weight is 246 g/mol. The predicted octanol–water partition coefficient (Wildman–Crippen LogP) is 3.19. The number of carbonyl (C=O) groups is 1. The van der Waals surface area contributed by atoms with Gasteiger partial charge in [-0.1, -0.05) is 36.4 Å². The van der Waals surface area contributed by atoms with E-state index in [9.17, 15) is 4.79 Å². The van der Waals surface area contributed by atoms with Gasteiger partial charge < -0.3 is 9.84 Å². The van der Waals surface area contributed by atoms with E-state index in [4.69, 9.17) is 9.84 Å². The van der Waals surface area contributed by atoms with E-state index in [-0.39, 0.29) is 12.0 Å². The van der Waals surface area contributed by atoms with Gasteiger partial charge in [-0.2, -0.15) is 0 Å². The highest BCUT2D eigenvalue weighted by molar-refractivity contribution is 5.87. The number of hydrogen-bond donors (Lipinski definition) is 1. The molecular formula is C15H18O3. The monoisotopic (exact) mass is 246 g/mol. The second kappa shape index (κ2) is 5.83. The first-order chi connectivity index (χ1) is 8.68. The maximum absolute atomic E-state index is 11.0. The molecule has 3 heteroatoms. The van der Waals surface area contributed by atoms with Crippen LogP contribution in [0, 0.1) is 5.92 Å². The van der Waals surface area contributed by atoms with Gasteiger partial charge in [0.1, 0.15) is 0 Å². The molecule has 2 rings (SSSR count). The molecule has 0 saturated heterocycles. The molecule has 2 unspecified atom stereocenters. The molecule has 1 aromatic rings. The van der Waals surface area contributed by atoms with Crippen molar-refractivity contribution in [3.8, 4) is 0 Å². The van der Waals surface area contributed by atoms with E-state index >= 15 is 0 Å². The minimum absolute atomic E-state index is 0.00171. The third-order valence-corrected chi connectivity index (χ3v) is 3.38. The zero-order chi connectivity index (χ0) is 13.0. The van der Waals surface area contributed by atoms with Gasteiger partial charge in [-0.05, 0) is 25.3 Å². The van der Waals surface area contributed by atoms with Crippen LogP contribution >= 0.6 is 0 Å². The van der Waals surface area contributed by atoms with Crippen LogP contribution in [-0.2, 0) is 9.53 Å². The van der Waals surface area contributed by atoms with Crippen LogP contribution < -0.4 is 0 Å². The Labute approximate surface area is 107 Å². The van der Waals surface area contributed by atoms with Crippen molar-refractivity contribution in [1.82, 2.24) is 0 Å². The third-order valence-electron chi connectivity index (χ3n) is 3.38. The lowest BCUT2D eigenvalue weighted by Gasteiger charge is -2.17. The fraction of sp³-hybridized carbons (Fsp3) is 0.400. The molecule has 0 fully saturated rings. The van der Waals surface area contributed by atoms with Gasteiger partial charge in [-0.15, -0.1) is 0 Å². The molecule has 0 radical (unpaired) electrons. The highest BCUT2D eigenvalue weighted by Gasteiger charge is 2.25. The van der Waals surface area contributed by atoms with E-state index in [0.717, 1.165) is 18.4 Å². The SMILES string of the molecule is CC(OCC1CCC=C1C(=O)O)c1ccccc1. The standard InChI is InChI=1S/C15H18O3/c1-11(12-6-3-2-4-7-12)18-10-13-8-5-9-14(13)15(16)17/h2-4,6-7,9,11,13H,5,8,10H2,1H3,(H,16,17). The largest absolute Gasteiger partial charge is 0.478 e. The molecule has 1 aliphatic rings. The first-order valence-electron chi connectivity index (χ1n) is 6.28. The molecule has 3 nitrogen and oxygen atoms in total. The van der Waals surface area contributed by atoms with Crippen LogP contribution in [0.1, 0.15) is 31.4 Å². The van der Waals surface area contributed by atoms with Crippen molar-refractivity contribution in [3.63, 3.8) is 0 Å². The van der Waals surface area contributed by atoms with Crippen molar-refractivity contribution in [2.75, 3.05) is 6.61 Å². The Balaban J connectivity index is 1.89. The molecule has 2 atom stereocenters. The van der Waals surface area contributed by atoms with Gasteiger partial charge in [0.25, 0.3) is 0 Å². The lowest BCUT2D eigenvalue weighted by Crippen LogP contribution is -2.16. The van der Waals surface area contributed by atoms with Crippen LogP contribution in [0.25, 0.3) is 0 Å². The van der Waals surface area contributed by atoms with Crippen LogP contribution in [0.5, 0.6) is 0 Å². The Morgan fingerprint density at radius 3 is 2.83 bits per heavy atom. The first kappa shape index (κ1) is 12.8. The Hall–Kier alpha value is -1.61. The molecule has 0 aliphatic heterocycles. The first-order valence-corrected chi connectivity index (χ1v) is 6.28. The summed E-state index contributed by atoms with van der Waals surface area (Å²) in [6.45, 7) is 2.47. The van der Waals surface area contributed by atoms with E-state index < -0.39 is 5.97 Å². The van der Waals surface area contributed by atoms with Crippen LogP contribution in [0.15, 0.2) is 42.0 Å². The Kier molecular flexibility index (Phi) is 4.15. The molecule has 0 spiro atoms. The van der Waals surface area contributed by atoms with Crippen molar-refractivity contribution in [2.45, 2.75) is 25.9 Å². The van der Waals surface area contributed by atoms with E-state index in [1.807, 2.05) is 43.3 Å². The molecule has 0 bridgehead atoms. The molecule has 1 aliphatic carbocycles. The van der Waals surface area contributed by atoms with Crippen LogP contribution in [-0.4, -0.2) is 17.7 Å². The number of benzene rings is 1. The number of hydrogen-bond acceptors (Lipinski definition) is 2. The normalized spacial score (nSPS) is 20.5. The van der Waals surface area contributed by atoms with Crippen molar-refractivity contribution in [1.29, 1.82) is 0 Å². The van der Waals surface area contributed by atoms with Crippen molar-refractivity contribution >= 4 is 5.97 Å². The fourth-order valence-electron chi connectivity index (χ4n) is 2.28. The maximum Gasteiger partial charge on any atom is 0.331 e. The lowest BCUT2D eigenvalue weighted by molar-refractivity contribution is -0.133. The fourth-order valence-corrected chi connectivity index (χ4v) is 2.28. The summed E-state index contributed by atoms with van der Waals surface area (Å²) in [6.07, 6.45) is 3.53. The predicted molar refractivity (Wildman–Crippen MR) is 69.3 cm³/mol. The Morgan fingerprint density at radius 2 is 2.17 bits per heavy atom.